The molecule has 0 saturated carbocycles. The Hall–Kier alpha value is -1.34. The van der Waals surface area contributed by atoms with Crippen molar-refractivity contribution in [1.82, 2.24) is 5.32 Å². The maximum absolute atomic E-state index is 10.4. The molecule has 0 bridgehead atoms. The standard InChI is InChI=1S/C7H15NO3.CH4N2O/c1-2-4-8-6(3-5-9)7(10)11;2-1(3)4/h6,8-9H,2-5H2,1H3,(H,10,11);(H4,2,3,4)/t6-;/m0./s1. The molecule has 0 unspecified atom stereocenters. The summed E-state index contributed by atoms with van der Waals surface area (Å²) in [6.07, 6.45) is 1.17. The Bertz CT molecular complexity index is 183. The molecule has 0 radical (unpaired) electrons. The fraction of sp³-hybridized carbons (Fsp3) is 0.750. The van der Waals surface area contributed by atoms with Crippen LogP contribution in [0.4, 0.5) is 4.79 Å². The Morgan fingerprint density at radius 2 is 1.87 bits per heavy atom. The van der Waals surface area contributed by atoms with Gasteiger partial charge in [0.25, 0.3) is 0 Å². The number of urea groups is 1. The number of hydrogen-bond donors (Lipinski definition) is 5. The van der Waals surface area contributed by atoms with Gasteiger partial charge in [0.2, 0.25) is 0 Å². The minimum absolute atomic E-state index is 0.0896. The van der Waals surface area contributed by atoms with E-state index in [-0.39, 0.29) is 13.0 Å². The van der Waals surface area contributed by atoms with Crippen LogP contribution in [-0.4, -0.2) is 41.4 Å². The number of carbonyl (C=O) groups excluding carboxylic acids is 1. The Morgan fingerprint density at radius 3 is 2.13 bits per heavy atom. The monoisotopic (exact) mass is 221 g/mol. The van der Waals surface area contributed by atoms with Gasteiger partial charge in [0, 0.05) is 6.61 Å². The van der Waals surface area contributed by atoms with Gasteiger partial charge in [0.05, 0.1) is 0 Å². The van der Waals surface area contributed by atoms with Gasteiger partial charge in [-0.2, -0.15) is 0 Å². The highest BCUT2D eigenvalue weighted by Crippen LogP contribution is 1.90. The molecule has 0 saturated heterocycles. The van der Waals surface area contributed by atoms with Crippen molar-refractivity contribution >= 4 is 12.0 Å². The van der Waals surface area contributed by atoms with Crippen LogP contribution in [0.1, 0.15) is 19.8 Å². The Morgan fingerprint density at radius 1 is 1.40 bits per heavy atom. The highest BCUT2D eigenvalue weighted by Gasteiger charge is 2.14. The van der Waals surface area contributed by atoms with E-state index in [9.17, 15) is 4.79 Å². The van der Waals surface area contributed by atoms with Gasteiger partial charge in [-0.15, -0.1) is 0 Å². The van der Waals surface area contributed by atoms with Crippen LogP contribution in [-0.2, 0) is 4.79 Å². The van der Waals surface area contributed by atoms with E-state index in [1.54, 1.807) is 0 Å². The van der Waals surface area contributed by atoms with Crippen molar-refractivity contribution in [3.8, 4) is 0 Å². The van der Waals surface area contributed by atoms with Gasteiger partial charge in [-0.05, 0) is 19.4 Å². The van der Waals surface area contributed by atoms with Crippen LogP contribution in [0, 0.1) is 0 Å². The summed E-state index contributed by atoms with van der Waals surface area (Å²) in [5, 5.41) is 19.8. The van der Waals surface area contributed by atoms with Crippen molar-refractivity contribution in [3.63, 3.8) is 0 Å². The number of rotatable bonds is 6. The molecular formula is C8H19N3O4. The molecule has 2 amide bonds. The summed E-state index contributed by atoms with van der Waals surface area (Å²) in [7, 11) is 0. The lowest BCUT2D eigenvalue weighted by Gasteiger charge is -2.11. The van der Waals surface area contributed by atoms with E-state index in [0.717, 1.165) is 6.42 Å². The molecule has 0 fully saturated rings. The van der Waals surface area contributed by atoms with Gasteiger partial charge in [0.1, 0.15) is 6.04 Å². The smallest absolute Gasteiger partial charge is 0.320 e. The van der Waals surface area contributed by atoms with Crippen LogP contribution in [0.25, 0.3) is 0 Å². The first-order chi connectivity index (χ1) is 6.95. The number of carboxylic acids is 1. The van der Waals surface area contributed by atoms with Crippen molar-refractivity contribution in [3.05, 3.63) is 0 Å². The molecule has 0 spiro atoms. The SMILES string of the molecule is CCCN[C@@H](CCO)C(=O)O.NC(N)=O. The summed E-state index contributed by atoms with van der Waals surface area (Å²) in [5.41, 5.74) is 8.50. The number of aliphatic hydroxyl groups is 1. The third kappa shape index (κ3) is 15.4. The maximum Gasteiger partial charge on any atom is 0.320 e. The molecule has 0 aliphatic heterocycles. The molecular weight excluding hydrogens is 202 g/mol. The zero-order chi connectivity index (χ0) is 12.3. The lowest BCUT2D eigenvalue weighted by atomic mass is 10.2. The molecule has 0 aromatic rings. The van der Waals surface area contributed by atoms with Crippen molar-refractivity contribution in [1.29, 1.82) is 0 Å². The molecule has 7 heteroatoms. The molecule has 0 rings (SSSR count). The molecule has 0 aromatic heterocycles. The second-order valence-electron chi connectivity index (χ2n) is 2.76. The van der Waals surface area contributed by atoms with Crippen LogP contribution in [0.2, 0.25) is 0 Å². The Labute approximate surface area is 88.4 Å². The fourth-order valence-electron chi connectivity index (χ4n) is 0.761. The summed E-state index contributed by atoms with van der Waals surface area (Å²) < 4.78 is 0. The predicted molar refractivity (Wildman–Crippen MR) is 55.2 cm³/mol. The zero-order valence-corrected chi connectivity index (χ0v) is 8.77. The third-order valence-corrected chi connectivity index (χ3v) is 1.36. The van der Waals surface area contributed by atoms with Crippen LogP contribution in [0.15, 0.2) is 0 Å². The second kappa shape index (κ2) is 10.7. The Kier molecular flexibility index (Phi) is 11.5. The van der Waals surface area contributed by atoms with E-state index in [2.05, 4.69) is 16.8 Å². The molecule has 1 atom stereocenters. The van der Waals surface area contributed by atoms with Crippen LogP contribution < -0.4 is 16.8 Å². The predicted octanol–water partition coefficient (Wildman–Crippen LogP) is -1.15. The number of nitrogens with one attached hydrogen (secondary N) is 1. The van der Waals surface area contributed by atoms with Crippen molar-refractivity contribution in [2.45, 2.75) is 25.8 Å². The Balaban J connectivity index is 0. The van der Waals surface area contributed by atoms with Gasteiger partial charge in [-0.25, -0.2) is 4.79 Å². The minimum atomic E-state index is -0.896. The van der Waals surface area contributed by atoms with Gasteiger partial charge >= 0.3 is 12.0 Å². The lowest BCUT2D eigenvalue weighted by Crippen LogP contribution is -2.37. The largest absolute Gasteiger partial charge is 0.480 e. The summed E-state index contributed by atoms with van der Waals surface area (Å²) >= 11 is 0. The number of nitrogens with two attached hydrogens (primary N) is 2. The summed E-state index contributed by atoms with van der Waals surface area (Å²) in [5.74, 6) is -0.896. The van der Waals surface area contributed by atoms with Gasteiger partial charge in [-0.1, -0.05) is 6.92 Å². The summed E-state index contributed by atoms with van der Waals surface area (Å²) in [6, 6.07) is -1.43. The summed E-state index contributed by atoms with van der Waals surface area (Å²) in [4.78, 5) is 19.4. The first kappa shape index (κ1) is 16.1. The van der Waals surface area contributed by atoms with Crippen LogP contribution in [0.5, 0.6) is 0 Å². The molecule has 0 aliphatic rings. The topological polar surface area (TPSA) is 139 Å². The minimum Gasteiger partial charge on any atom is -0.480 e. The van der Waals surface area contributed by atoms with E-state index < -0.39 is 18.0 Å². The van der Waals surface area contributed by atoms with Crippen LogP contribution >= 0.6 is 0 Å². The molecule has 15 heavy (non-hydrogen) atoms. The van der Waals surface area contributed by atoms with Crippen molar-refractivity contribution in [2.24, 2.45) is 11.5 Å². The fourth-order valence-corrected chi connectivity index (χ4v) is 0.761. The highest BCUT2D eigenvalue weighted by atomic mass is 16.4. The molecule has 0 aromatic carbocycles. The number of amides is 2. The normalized spacial score (nSPS) is 11.1. The number of carboxylic acid groups (broad SMARTS) is 1. The number of carbonyl (C=O) groups is 2. The molecule has 7 N–H and O–H groups in total. The van der Waals surface area contributed by atoms with E-state index in [1.807, 2.05) is 6.92 Å². The van der Waals surface area contributed by atoms with E-state index >= 15 is 0 Å². The van der Waals surface area contributed by atoms with E-state index in [1.165, 1.54) is 0 Å². The van der Waals surface area contributed by atoms with Crippen molar-refractivity contribution < 1.29 is 19.8 Å². The number of primary amides is 2. The summed E-state index contributed by atoms with van der Waals surface area (Å²) in [6.45, 7) is 2.55. The van der Waals surface area contributed by atoms with Gasteiger partial charge in [0.15, 0.2) is 0 Å². The maximum atomic E-state index is 10.4. The van der Waals surface area contributed by atoms with E-state index in [0.29, 0.717) is 6.54 Å². The highest BCUT2D eigenvalue weighted by molar-refractivity contribution is 5.73. The number of aliphatic hydroxyl groups excluding tert-OH is 1. The molecule has 7 nitrogen and oxygen atoms in total. The third-order valence-electron chi connectivity index (χ3n) is 1.36. The van der Waals surface area contributed by atoms with Crippen molar-refractivity contribution in [2.75, 3.05) is 13.2 Å². The first-order valence-electron chi connectivity index (χ1n) is 4.57. The number of hydrogen-bond acceptors (Lipinski definition) is 4. The molecule has 90 valence electrons. The average molecular weight is 221 g/mol. The quantitative estimate of drug-likeness (QED) is 0.385. The number of aliphatic carboxylic acids is 1. The first-order valence-corrected chi connectivity index (χ1v) is 4.57. The zero-order valence-electron chi connectivity index (χ0n) is 8.77. The van der Waals surface area contributed by atoms with E-state index in [4.69, 9.17) is 15.0 Å². The second-order valence-corrected chi connectivity index (χ2v) is 2.76. The lowest BCUT2D eigenvalue weighted by molar-refractivity contribution is -0.139. The molecule has 0 heterocycles. The molecule has 0 aliphatic carbocycles. The van der Waals surface area contributed by atoms with Gasteiger partial charge in [-0.3, -0.25) is 4.79 Å². The van der Waals surface area contributed by atoms with Crippen LogP contribution in [0.3, 0.4) is 0 Å². The average Bonchev–Trinajstić information content (AvgIpc) is 2.10. The van der Waals surface area contributed by atoms with Gasteiger partial charge < -0.3 is 27.0 Å².